The molecule has 1 aromatic carbocycles. The lowest BCUT2D eigenvalue weighted by atomic mass is 10.1. The standard InChI is InChI=1S/C17H20BrN3O3/c1-10(9-22)19-6-16(23)21-7-14-15(8-21)24-17(20-14)12-4-3-5-13(18)11(12)2/h3-5,10,19,22H,6-9H2,1-2H3/t10-/m0/s1. The van der Waals surface area contributed by atoms with Crippen LogP contribution in [-0.2, 0) is 17.9 Å². The Hall–Kier alpha value is -1.70. The largest absolute Gasteiger partial charge is 0.439 e. The van der Waals surface area contributed by atoms with Gasteiger partial charge in [-0.3, -0.25) is 4.79 Å². The van der Waals surface area contributed by atoms with E-state index in [0.29, 0.717) is 19.0 Å². The summed E-state index contributed by atoms with van der Waals surface area (Å²) in [6.45, 7) is 4.94. The third-order valence-corrected chi connectivity index (χ3v) is 5.04. The number of amides is 1. The summed E-state index contributed by atoms with van der Waals surface area (Å²) in [5, 5.41) is 12.0. The van der Waals surface area contributed by atoms with Crippen molar-refractivity contribution in [2.75, 3.05) is 13.2 Å². The van der Waals surface area contributed by atoms with Gasteiger partial charge in [0.25, 0.3) is 0 Å². The number of aliphatic hydroxyl groups is 1. The van der Waals surface area contributed by atoms with Crippen LogP contribution < -0.4 is 5.32 Å². The Balaban J connectivity index is 1.69. The number of benzene rings is 1. The van der Waals surface area contributed by atoms with E-state index in [1.165, 1.54) is 0 Å². The molecule has 0 saturated carbocycles. The van der Waals surface area contributed by atoms with Crippen molar-refractivity contribution in [1.29, 1.82) is 0 Å². The van der Waals surface area contributed by atoms with E-state index in [2.05, 4.69) is 26.2 Å². The highest BCUT2D eigenvalue weighted by molar-refractivity contribution is 9.10. The molecular weight excluding hydrogens is 374 g/mol. The van der Waals surface area contributed by atoms with Crippen molar-refractivity contribution in [3.8, 4) is 11.5 Å². The first-order valence-electron chi connectivity index (χ1n) is 7.85. The highest BCUT2D eigenvalue weighted by Gasteiger charge is 2.29. The Bertz CT molecular complexity index is 736. The van der Waals surface area contributed by atoms with E-state index in [0.717, 1.165) is 27.1 Å². The van der Waals surface area contributed by atoms with Gasteiger partial charge in [0.1, 0.15) is 11.5 Å². The van der Waals surface area contributed by atoms with E-state index in [4.69, 9.17) is 9.52 Å². The Kier molecular flexibility index (Phi) is 5.03. The second kappa shape index (κ2) is 7.04. The number of fused-ring (bicyclic) bond motifs is 1. The molecule has 0 saturated heterocycles. The first kappa shape index (κ1) is 17.1. The average molecular weight is 394 g/mol. The number of hydrogen-bond acceptors (Lipinski definition) is 5. The Morgan fingerprint density at radius 2 is 2.29 bits per heavy atom. The summed E-state index contributed by atoms with van der Waals surface area (Å²) in [5.41, 5.74) is 2.84. The minimum absolute atomic E-state index is 0.00474. The van der Waals surface area contributed by atoms with Crippen LogP contribution in [0.5, 0.6) is 0 Å². The molecule has 0 spiro atoms. The predicted octanol–water partition coefficient (Wildman–Crippen LogP) is 2.23. The molecule has 7 heteroatoms. The van der Waals surface area contributed by atoms with E-state index < -0.39 is 0 Å². The van der Waals surface area contributed by atoms with E-state index in [-0.39, 0.29) is 25.1 Å². The van der Waals surface area contributed by atoms with E-state index in [1.807, 2.05) is 32.0 Å². The number of nitrogens with zero attached hydrogens (tertiary/aromatic N) is 2. The van der Waals surface area contributed by atoms with E-state index in [1.54, 1.807) is 4.90 Å². The van der Waals surface area contributed by atoms with E-state index >= 15 is 0 Å². The molecule has 0 bridgehead atoms. The number of nitrogens with one attached hydrogen (secondary N) is 1. The maximum atomic E-state index is 12.2. The maximum Gasteiger partial charge on any atom is 0.237 e. The van der Waals surface area contributed by atoms with Crippen LogP contribution in [0.3, 0.4) is 0 Å². The molecule has 24 heavy (non-hydrogen) atoms. The average Bonchev–Trinajstić information content (AvgIpc) is 3.13. The van der Waals surface area contributed by atoms with Gasteiger partial charge in [-0.05, 0) is 31.5 Å². The fourth-order valence-electron chi connectivity index (χ4n) is 2.61. The number of hydrogen-bond donors (Lipinski definition) is 2. The summed E-state index contributed by atoms with van der Waals surface area (Å²) in [7, 11) is 0. The van der Waals surface area contributed by atoms with Crippen LogP contribution in [-0.4, -0.2) is 40.1 Å². The molecule has 1 amide bonds. The summed E-state index contributed by atoms with van der Waals surface area (Å²) >= 11 is 3.52. The molecule has 1 aromatic heterocycles. The molecule has 1 aliphatic heterocycles. The molecule has 0 fully saturated rings. The normalized spacial score (nSPS) is 14.8. The predicted molar refractivity (Wildman–Crippen MR) is 93.2 cm³/mol. The SMILES string of the molecule is Cc1c(Br)cccc1-c1nc2c(o1)CN(C(=O)CN[C@@H](C)CO)C2. The molecule has 128 valence electrons. The topological polar surface area (TPSA) is 78.6 Å². The minimum atomic E-state index is -0.100. The summed E-state index contributed by atoms with van der Waals surface area (Å²) in [5.74, 6) is 1.31. The van der Waals surface area contributed by atoms with Gasteiger partial charge in [-0.2, -0.15) is 0 Å². The number of aromatic nitrogens is 1. The molecule has 0 unspecified atom stereocenters. The summed E-state index contributed by atoms with van der Waals surface area (Å²) < 4.78 is 6.90. The van der Waals surface area contributed by atoms with Crippen molar-refractivity contribution in [2.45, 2.75) is 33.0 Å². The number of carbonyl (C=O) groups is 1. The highest BCUT2D eigenvalue weighted by Crippen LogP contribution is 2.32. The van der Waals surface area contributed by atoms with Crippen LogP contribution in [0.4, 0.5) is 0 Å². The molecule has 2 heterocycles. The molecular formula is C17H20BrN3O3. The van der Waals surface area contributed by atoms with Crippen LogP contribution >= 0.6 is 15.9 Å². The Morgan fingerprint density at radius 3 is 3.00 bits per heavy atom. The zero-order chi connectivity index (χ0) is 17.3. The third kappa shape index (κ3) is 3.38. The molecule has 0 aliphatic carbocycles. The van der Waals surface area contributed by atoms with Gasteiger partial charge in [-0.1, -0.05) is 22.0 Å². The van der Waals surface area contributed by atoms with Gasteiger partial charge >= 0.3 is 0 Å². The summed E-state index contributed by atoms with van der Waals surface area (Å²) in [6, 6.07) is 5.81. The first-order chi connectivity index (χ1) is 11.5. The van der Waals surface area contributed by atoms with Crippen molar-refractivity contribution in [3.05, 3.63) is 39.7 Å². The molecule has 1 aliphatic rings. The van der Waals surface area contributed by atoms with Gasteiger partial charge in [0.2, 0.25) is 11.8 Å². The van der Waals surface area contributed by atoms with Crippen LogP contribution in [0.15, 0.2) is 27.1 Å². The van der Waals surface area contributed by atoms with Gasteiger partial charge in [-0.15, -0.1) is 0 Å². The molecule has 1 atom stereocenters. The zero-order valence-corrected chi connectivity index (χ0v) is 15.3. The smallest absolute Gasteiger partial charge is 0.237 e. The van der Waals surface area contributed by atoms with Crippen LogP contribution in [0.1, 0.15) is 23.9 Å². The number of halogens is 1. The lowest BCUT2D eigenvalue weighted by Gasteiger charge is -2.17. The van der Waals surface area contributed by atoms with Crippen LogP contribution in [0.2, 0.25) is 0 Å². The summed E-state index contributed by atoms with van der Waals surface area (Å²) in [4.78, 5) is 18.5. The van der Waals surface area contributed by atoms with Gasteiger partial charge in [-0.25, -0.2) is 4.98 Å². The highest BCUT2D eigenvalue weighted by atomic mass is 79.9. The second-order valence-electron chi connectivity index (χ2n) is 6.02. The molecule has 6 nitrogen and oxygen atoms in total. The van der Waals surface area contributed by atoms with Crippen molar-refractivity contribution in [1.82, 2.24) is 15.2 Å². The van der Waals surface area contributed by atoms with Gasteiger partial charge in [0, 0.05) is 16.1 Å². The second-order valence-corrected chi connectivity index (χ2v) is 6.87. The minimum Gasteiger partial charge on any atom is -0.439 e. The van der Waals surface area contributed by atoms with Crippen molar-refractivity contribution in [3.63, 3.8) is 0 Å². The molecule has 2 aromatic rings. The number of oxazole rings is 1. The lowest BCUT2D eigenvalue weighted by Crippen LogP contribution is -2.39. The van der Waals surface area contributed by atoms with Gasteiger partial charge < -0.3 is 19.7 Å². The Labute approximate surface area is 149 Å². The van der Waals surface area contributed by atoms with Crippen LogP contribution in [0, 0.1) is 6.92 Å². The van der Waals surface area contributed by atoms with Crippen molar-refractivity contribution < 1.29 is 14.3 Å². The maximum absolute atomic E-state index is 12.2. The quantitative estimate of drug-likeness (QED) is 0.813. The lowest BCUT2D eigenvalue weighted by molar-refractivity contribution is -0.131. The van der Waals surface area contributed by atoms with Crippen LogP contribution in [0.25, 0.3) is 11.5 Å². The fourth-order valence-corrected chi connectivity index (χ4v) is 2.98. The molecule has 2 N–H and O–H groups in total. The van der Waals surface area contributed by atoms with Gasteiger partial charge in [0.05, 0.1) is 26.2 Å². The number of rotatable bonds is 5. The van der Waals surface area contributed by atoms with Crippen molar-refractivity contribution in [2.24, 2.45) is 0 Å². The van der Waals surface area contributed by atoms with E-state index in [9.17, 15) is 4.79 Å². The zero-order valence-electron chi connectivity index (χ0n) is 13.7. The van der Waals surface area contributed by atoms with Crippen molar-refractivity contribution >= 4 is 21.8 Å². The fraction of sp³-hybridized carbons (Fsp3) is 0.412. The molecule has 3 rings (SSSR count). The Morgan fingerprint density at radius 1 is 1.50 bits per heavy atom. The summed E-state index contributed by atoms with van der Waals surface area (Å²) in [6.07, 6.45) is 0. The number of aliphatic hydroxyl groups excluding tert-OH is 1. The van der Waals surface area contributed by atoms with Gasteiger partial charge in [0.15, 0.2) is 0 Å². The molecule has 0 radical (unpaired) electrons. The third-order valence-electron chi connectivity index (χ3n) is 4.18. The first-order valence-corrected chi connectivity index (χ1v) is 8.65. The number of carbonyl (C=O) groups excluding carboxylic acids is 1. The monoisotopic (exact) mass is 393 g/mol.